The quantitative estimate of drug-likeness (QED) is 0.683. The molecule has 1 aliphatic carbocycles. The van der Waals surface area contributed by atoms with Gasteiger partial charge in [-0.05, 0) is 43.7 Å². The second-order valence-electron chi connectivity index (χ2n) is 4.94. The summed E-state index contributed by atoms with van der Waals surface area (Å²) in [6, 6.07) is 0. The van der Waals surface area contributed by atoms with Gasteiger partial charge in [0.2, 0.25) is 0 Å². The molecule has 1 atom stereocenters. The average molecular weight is 168 g/mol. The monoisotopic (exact) mass is 168 g/mol. The SMILES string of the molecule is CC1(CN)CCN(CC2CC2)C1. The van der Waals surface area contributed by atoms with Gasteiger partial charge in [-0.1, -0.05) is 6.92 Å². The predicted molar refractivity (Wildman–Crippen MR) is 50.9 cm³/mol. The van der Waals surface area contributed by atoms with Crippen LogP contribution in [-0.2, 0) is 0 Å². The van der Waals surface area contributed by atoms with Gasteiger partial charge in [0, 0.05) is 13.1 Å². The highest BCUT2D eigenvalue weighted by Crippen LogP contribution is 2.34. The van der Waals surface area contributed by atoms with Crippen molar-refractivity contribution in [3.05, 3.63) is 0 Å². The summed E-state index contributed by atoms with van der Waals surface area (Å²) in [4.78, 5) is 2.60. The van der Waals surface area contributed by atoms with Crippen LogP contribution in [0.15, 0.2) is 0 Å². The average Bonchev–Trinajstić information content (AvgIpc) is 2.77. The maximum atomic E-state index is 5.75. The Morgan fingerprint density at radius 3 is 2.75 bits per heavy atom. The van der Waals surface area contributed by atoms with E-state index in [0.29, 0.717) is 5.41 Å². The number of likely N-dealkylation sites (tertiary alicyclic amines) is 1. The molecule has 2 fully saturated rings. The molecule has 0 bridgehead atoms. The molecule has 1 heterocycles. The number of rotatable bonds is 3. The Kier molecular flexibility index (Phi) is 2.13. The molecule has 0 spiro atoms. The van der Waals surface area contributed by atoms with Crippen LogP contribution in [0.5, 0.6) is 0 Å². The summed E-state index contributed by atoms with van der Waals surface area (Å²) >= 11 is 0. The molecule has 12 heavy (non-hydrogen) atoms. The van der Waals surface area contributed by atoms with Crippen molar-refractivity contribution in [2.45, 2.75) is 26.2 Å². The predicted octanol–water partition coefficient (Wildman–Crippen LogP) is 1.07. The summed E-state index contributed by atoms with van der Waals surface area (Å²) in [6.07, 6.45) is 4.24. The molecular formula is C10H20N2. The maximum Gasteiger partial charge on any atom is 0.00480 e. The molecule has 1 saturated carbocycles. The first-order valence-corrected chi connectivity index (χ1v) is 5.14. The number of hydrogen-bond acceptors (Lipinski definition) is 2. The molecule has 0 amide bonds. The van der Waals surface area contributed by atoms with E-state index in [9.17, 15) is 0 Å². The van der Waals surface area contributed by atoms with Crippen LogP contribution in [-0.4, -0.2) is 31.1 Å². The Balaban J connectivity index is 1.80. The van der Waals surface area contributed by atoms with Crippen molar-refractivity contribution in [2.75, 3.05) is 26.2 Å². The van der Waals surface area contributed by atoms with Crippen LogP contribution in [0.3, 0.4) is 0 Å². The van der Waals surface area contributed by atoms with E-state index in [1.165, 1.54) is 38.9 Å². The first kappa shape index (κ1) is 8.52. The lowest BCUT2D eigenvalue weighted by molar-refractivity contribution is 0.272. The normalized spacial score (nSPS) is 37.5. The van der Waals surface area contributed by atoms with E-state index in [-0.39, 0.29) is 0 Å². The molecule has 0 aromatic carbocycles. The molecule has 2 nitrogen and oxygen atoms in total. The summed E-state index contributed by atoms with van der Waals surface area (Å²) < 4.78 is 0. The first-order valence-electron chi connectivity index (χ1n) is 5.14. The Bertz CT molecular complexity index is 165. The van der Waals surface area contributed by atoms with Crippen LogP contribution in [0.25, 0.3) is 0 Å². The van der Waals surface area contributed by atoms with Crippen molar-refractivity contribution < 1.29 is 0 Å². The zero-order valence-electron chi connectivity index (χ0n) is 8.05. The lowest BCUT2D eigenvalue weighted by Crippen LogP contribution is -2.32. The van der Waals surface area contributed by atoms with E-state index in [4.69, 9.17) is 5.73 Å². The van der Waals surface area contributed by atoms with E-state index in [0.717, 1.165) is 12.5 Å². The minimum absolute atomic E-state index is 0.425. The fourth-order valence-electron chi connectivity index (χ4n) is 2.11. The summed E-state index contributed by atoms with van der Waals surface area (Å²) in [5, 5.41) is 0. The van der Waals surface area contributed by atoms with Gasteiger partial charge in [0.25, 0.3) is 0 Å². The molecule has 2 heteroatoms. The number of nitrogens with two attached hydrogens (primary N) is 1. The number of hydrogen-bond donors (Lipinski definition) is 1. The van der Waals surface area contributed by atoms with Crippen molar-refractivity contribution in [1.29, 1.82) is 0 Å². The second kappa shape index (κ2) is 3.00. The standard InChI is InChI=1S/C10H20N2/c1-10(7-11)4-5-12(8-10)6-9-2-3-9/h9H,2-8,11H2,1H3. The molecule has 0 aromatic heterocycles. The van der Waals surface area contributed by atoms with Crippen molar-refractivity contribution in [3.8, 4) is 0 Å². The summed E-state index contributed by atoms with van der Waals surface area (Å²) in [7, 11) is 0. The topological polar surface area (TPSA) is 29.3 Å². The molecule has 0 radical (unpaired) electrons. The molecular weight excluding hydrogens is 148 g/mol. The van der Waals surface area contributed by atoms with Gasteiger partial charge in [-0.15, -0.1) is 0 Å². The van der Waals surface area contributed by atoms with Crippen LogP contribution in [0.2, 0.25) is 0 Å². The molecule has 2 rings (SSSR count). The van der Waals surface area contributed by atoms with Crippen molar-refractivity contribution in [2.24, 2.45) is 17.1 Å². The van der Waals surface area contributed by atoms with E-state index in [1.54, 1.807) is 0 Å². The largest absolute Gasteiger partial charge is 0.330 e. The van der Waals surface area contributed by atoms with Crippen LogP contribution in [0.4, 0.5) is 0 Å². The summed E-state index contributed by atoms with van der Waals surface area (Å²) in [5.74, 6) is 1.03. The van der Waals surface area contributed by atoms with E-state index >= 15 is 0 Å². The van der Waals surface area contributed by atoms with Crippen molar-refractivity contribution in [3.63, 3.8) is 0 Å². The van der Waals surface area contributed by atoms with Gasteiger partial charge in [-0.25, -0.2) is 0 Å². The van der Waals surface area contributed by atoms with Crippen LogP contribution >= 0.6 is 0 Å². The van der Waals surface area contributed by atoms with Gasteiger partial charge in [0.05, 0.1) is 0 Å². The van der Waals surface area contributed by atoms with E-state index in [1.807, 2.05) is 0 Å². The smallest absolute Gasteiger partial charge is 0.00480 e. The van der Waals surface area contributed by atoms with Gasteiger partial charge in [0.1, 0.15) is 0 Å². The van der Waals surface area contributed by atoms with Gasteiger partial charge in [-0.3, -0.25) is 0 Å². The van der Waals surface area contributed by atoms with Gasteiger partial charge in [0.15, 0.2) is 0 Å². The molecule has 1 unspecified atom stereocenters. The van der Waals surface area contributed by atoms with Gasteiger partial charge < -0.3 is 10.6 Å². The second-order valence-corrected chi connectivity index (χ2v) is 4.94. The van der Waals surface area contributed by atoms with Crippen molar-refractivity contribution >= 4 is 0 Å². The van der Waals surface area contributed by atoms with Crippen LogP contribution < -0.4 is 5.73 Å². The minimum Gasteiger partial charge on any atom is -0.330 e. The minimum atomic E-state index is 0.425. The summed E-state index contributed by atoms with van der Waals surface area (Å²) in [6.45, 7) is 7.04. The Morgan fingerprint density at radius 2 is 2.25 bits per heavy atom. The molecule has 70 valence electrons. The highest BCUT2D eigenvalue weighted by molar-refractivity contribution is 4.89. The number of nitrogens with zero attached hydrogens (tertiary/aromatic N) is 1. The molecule has 2 aliphatic rings. The van der Waals surface area contributed by atoms with Gasteiger partial charge >= 0.3 is 0 Å². The fourth-order valence-corrected chi connectivity index (χ4v) is 2.11. The third kappa shape index (κ3) is 1.80. The Labute approximate surface area is 75.1 Å². The van der Waals surface area contributed by atoms with E-state index in [2.05, 4.69) is 11.8 Å². The molecule has 0 aromatic rings. The lowest BCUT2D eigenvalue weighted by Gasteiger charge is -2.22. The Hall–Kier alpha value is -0.0800. The van der Waals surface area contributed by atoms with Gasteiger partial charge in [-0.2, -0.15) is 0 Å². The lowest BCUT2D eigenvalue weighted by atomic mass is 9.90. The molecule has 1 saturated heterocycles. The zero-order valence-corrected chi connectivity index (χ0v) is 8.05. The highest BCUT2D eigenvalue weighted by Gasteiger charge is 2.34. The zero-order chi connectivity index (χ0) is 8.60. The Morgan fingerprint density at radius 1 is 1.50 bits per heavy atom. The first-order chi connectivity index (χ1) is 5.72. The molecule has 1 aliphatic heterocycles. The third-order valence-corrected chi connectivity index (χ3v) is 3.34. The summed E-state index contributed by atoms with van der Waals surface area (Å²) in [5.41, 5.74) is 6.18. The third-order valence-electron chi connectivity index (χ3n) is 3.34. The van der Waals surface area contributed by atoms with Crippen molar-refractivity contribution in [1.82, 2.24) is 4.90 Å². The maximum absolute atomic E-state index is 5.75. The highest BCUT2D eigenvalue weighted by atomic mass is 15.2. The molecule has 2 N–H and O–H groups in total. The van der Waals surface area contributed by atoms with E-state index < -0.39 is 0 Å². The fraction of sp³-hybridized carbons (Fsp3) is 1.00. The van der Waals surface area contributed by atoms with Crippen LogP contribution in [0, 0.1) is 11.3 Å². The van der Waals surface area contributed by atoms with Crippen LogP contribution in [0.1, 0.15) is 26.2 Å².